The smallest absolute Gasteiger partial charge is 0.334 e. The van der Waals surface area contributed by atoms with E-state index in [2.05, 4.69) is 15.7 Å². The second-order valence-corrected chi connectivity index (χ2v) is 4.96. The summed E-state index contributed by atoms with van der Waals surface area (Å²) >= 11 is 0. The molecule has 3 rings (SSSR count). The highest BCUT2D eigenvalue weighted by atomic mass is 19.1. The monoisotopic (exact) mass is 314 g/mol. The minimum atomic E-state index is -1.12. The third-order valence-electron chi connectivity index (χ3n) is 3.40. The molecule has 0 radical (unpaired) electrons. The number of aliphatic hydroxyl groups excluding tert-OH is 1. The number of aromatic nitrogens is 2. The van der Waals surface area contributed by atoms with Gasteiger partial charge in [0.15, 0.2) is 0 Å². The molecule has 0 aliphatic rings. The van der Waals surface area contributed by atoms with Crippen LogP contribution < -0.4 is 10.7 Å². The van der Waals surface area contributed by atoms with Crippen molar-refractivity contribution in [2.75, 3.05) is 12.0 Å². The van der Waals surface area contributed by atoms with Crippen LogP contribution in [0.15, 0.2) is 54.9 Å². The lowest BCUT2D eigenvalue weighted by atomic mass is 10.1. The molecule has 0 fully saturated rings. The number of hydrogen-bond donors (Lipinski definition) is 3. The van der Waals surface area contributed by atoms with Crippen molar-refractivity contribution in [2.24, 2.45) is 0 Å². The average Bonchev–Trinajstić information content (AvgIpc) is 2.96. The number of imidazole rings is 1. The largest absolute Gasteiger partial charge is 0.386 e. The summed E-state index contributed by atoms with van der Waals surface area (Å²) in [5.41, 5.74) is 4.22. The highest BCUT2D eigenvalue weighted by Crippen LogP contribution is 2.15. The SMILES string of the molecule is O=C(NCC(O)c1ccccc1F)Nn1cnc2ccccc21. The second-order valence-electron chi connectivity index (χ2n) is 4.96. The highest BCUT2D eigenvalue weighted by Gasteiger charge is 2.13. The van der Waals surface area contributed by atoms with Gasteiger partial charge in [-0.3, -0.25) is 0 Å². The van der Waals surface area contributed by atoms with E-state index in [1.807, 2.05) is 24.3 Å². The van der Waals surface area contributed by atoms with Gasteiger partial charge in [0.25, 0.3) is 0 Å². The van der Waals surface area contributed by atoms with Gasteiger partial charge in [0.1, 0.15) is 12.1 Å². The van der Waals surface area contributed by atoms with E-state index in [9.17, 15) is 14.3 Å². The second kappa shape index (κ2) is 6.45. The number of aliphatic hydroxyl groups is 1. The van der Waals surface area contributed by atoms with Gasteiger partial charge in [-0.2, -0.15) is 0 Å². The molecule has 0 saturated carbocycles. The molecule has 1 heterocycles. The predicted molar refractivity (Wildman–Crippen MR) is 83.9 cm³/mol. The van der Waals surface area contributed by atoms with E-state index < -0.39 is 18.0 Å². The molecule has 3 aromatic rings. The van der Waals surface area contributed by atoms with Crippen molar-refractivity contribution in [3.63, 3.8) is 0 Å². The van der Waals surface area contributed by atoms with Crippen molar-refractivity contribution in [2.45, 2.75) is 6.10 Å². The van der Waals surface area contributed by atoms with E-state index >= 15 is 0 Å². The van der Waals surface area contributed by atoms with Crippen molar-refractivity contribution in [3.8, 4) is 0 Å². The van der Waals surface area contributed by atoms with Gasteiger partial charge in [-0.1, -0.05) is 30.3 Å². The molecule has 1 unspecified atom stereocenters. The Kier molecular flexibility index (Phi) is 4.20. The summed E-state index contributed by atoms with van der Waals surface area (Å²) in [5, 5.41) is 12.4. The molecule has 2 amide bonds. The van der Waals surface area contributed by atoms with Gasteiger partial charge in [0, 0.05) is 12.1 Å². The summed E-state index contributed by atoms with van der Waals surface area (Å²) in [4.78, 5) is 16.0. The Balaban J connectivity index is 1.61. The molecule has 7 heteroatoms. The quantitative estimate of drug-likeness (QED) is 0.690. The van der Waals surface area contributed by atoms with Crippen LogP contribution in [-0.2, 0) is 0 Å². The van der Waals surface area contributed by atoms with Crippen LogP contribution in [0, 0.1) is 5.82 Å². The summed E-state index contributed by atoms with van der Waals surface area (Å²) in [6, 6.07) is 12.7. The maximum absolute atomic E-state index is 13.5. The van der Waals surface area contributed by atoms with Crippen LogP contribution in [-0.4, -0.2) is 27.3 Å². The van der Waals surface area contributed by atoms with Crippen LogP contribution in [0.1, 0.15) is 11.7 Å². The summed E-state index contributed by atoms with van der Waals surface area (Å²) in [7, 11) is 0. The first-order valence-electron chi connectivity index (χ1n) is 7.04. The molecule has 6 nitrogen and oxygen atoms in total. The van der Waals surface area contributed by atoms with Crippen LogP contribution in [0.4, 0.5) is 9.18 Å². The third-order valence-corrected chi connectivity index (χ3v) is 3.40. The molecule has 0 saturated heterocycles. The van der Waals surface area contributed by atoms with Crippen molar-refractivity contribution in [1.82, 2.24) is 15.0 Å². The Morgan fingerprint density at radius 3 is 2.78 bits per heavy atom. The van der Waals surface area contributed by atoms with E-state index in [1.165, 1.54) is 29.2 Å². The number of fused-ring (bicyclic) bond motifs is 1. The number of benzene rings is 2. The molecule has 1 atom stereocenters. The molecule has 2 aromatic carbocycles. The van der Waals surface area contributed by atoms with Crippen LogP contribution in [0.2, 0.25) is 0 Å². The lowest BCUT2D eigenvalue weighted by Crippen LogP contribution is -2.36. The molecule has 118 valence electrons. The van der Waals surface area contributed by atoms with Gasteiger partial charge >= 0.3 is 6.03 Å². The maximum Gasteiger partial charge on any atom is 0.334 e. The number of nitrogens with one attached hydrogen (secondary N) is 2. The zero-order valence-corrected chi connectivity index (χ0v) is 12.1. The molecular formula is C16H15FN4O2. The minimum absolute atomic E-state index is 0.112. The lowest BCUT2D eigenvalue weighted by Gasteiger charge is -2.14. The Morgan fingerprint density at radius 2 is 1.96 bits per heavy atom. The first-order chi connectivity index (χ1) is 11.1. The van der Waals surface area contributed by atoms with Crippen molar-refractivity contribution < 1.29 is 14.3 Å². The van der Waals surface area contributed by atoms with Crippen LogP contribution in [0.3, 0.4) is 0 Å². The number of nitrogens with zero attached hydrogens (tertiary/aromatic N) is 2. The molecule has 0 spiro atoms. The fraction of sp³-hybridized carbons (Fsp3) is 0.125. The number of amides is 2. The third kappa shape index (κ3) is 3.29. The van der Waals surface area contributed by atoms with Crippen molar-refractivity contribution in [1.29, 1.82) is 0 Å². The van der Waals surface area contributed by atoms with E-state index in [0.29, 0.717) is 0 Å². The molecule has 23 heavy (non-hydrogen) atoms. The Hall–Kier alpha value is -2.93. The normalized spacial score (nSPS) is 12.1. The fourth-order valence-corrected chi connectivity index (χ4v) is 2.24. The van der Waals surface area contributed by atoms with E-state index in [-0.39, 0.29) is 12.1 Å². The van der Waals surface area contributed by atoms with Crippen LogP contribution >= 0.6 is 0 Å². The zero-order chi connectivity index (χ0) is 16.2. The fourth-order valence-electron chi connectivity index (χ4n) is 2.24. The van der Waals surface area contributed by atoms with Crippen molar-refractivity contribution >= 4 is 17.1 Å². The maximum atomic E-state index is 13.5. The topological polar surface area (TPSA) is 79.2 Å². The number of urea groups is 1. The number of para-hydroxylation sites is 2. The Morgan fingerprint density at radius 1 is 1.22 bits per heavy atom. The first-order valence-corrected chi connectivity index (χ1v) is 7.04. The Bertz CT molecular complexity index is 834. The molecule has 0 aliphatic carbocycles. The molecule has 0 aliphatic heterocycles. The first kappa shape index (κ1) is 15.0. The number of hydrogen-bond acceptors (Lipinski definition) is 3. The van der Waals surface area contributed by atoms with Gasteiger partial charge in [-0.25, -0.2) is 24.3 Å². The van der Waals surface area contributed by atoms with Crippen LogP contribution in [0.25, 0.3) is 11.0 Å². The molecule has 0 bridgehead atoms. The van der Waals surface area contributed by atoms with E-state index in [1.54, 1.807) is 6.07 Å². The summed E-state index contributed by atoms with van der Waals surface area (Å²) in [5.74, 6) is -0.511. The predicted octanol–water partition coefficient (Wildman–Crippen LogP) is 2.16. The summed E-state index contributed by atoms with van der Waals surface area (Å²) < 4.78 is 15.0. The minimum Gasteiger partial charge on any atom is -0.386 e. The standard InChI is InChI=1S/C16H15FN4O2/c17-12-6-2-1-5-11(12)15(22)9-18-16(23)20-21-10-19-13-7-3-4-8-14(13)21/h1-8,10,15,22H,9H2,(H2,18,20,23). The highest BCUT2D eigenvalue weighted by molar-refractivity contribution is 5.85. The van der Waals surface area contributed by atoms with Crippen molar-refractivity contribution in [3.05, 3.63) is 66.2 Å². The molecular weight excluding hydrogens is 299 g/mol. The average molecular weight is 314 g/mol. The number of halogens is 1. The van der Waals surface area contributed by atoms with E-state index in [4.69, 9.17) is 0 Å². The summed E-state index contributed by atoms with van der Waals surface area (Å²) in [6.07, 6.45) is 0.360. The number of carbonyl (C=O) groups is 1. The van der Waals surface area contributed by atoms with Gasteiger partial charge in [-0.05, 0) is 18.2 Å². The Labute approximate surface area is 131 Å². The van der Waals surface area contributed by atoms with Gasteiger partial charge in [0.05, 0.1) is 17.1 Å². The van der Waals surface area contributed by atoms with Crippen LogP contribution in [0.5, 0.6) is 0 Å². The molecule has 1 aromatic heterocycles. The summed E-state index contributed by atoms with van der Waals surface area (Å²) in [6.45, 7) is -0.112. The zero-order valence-electron chi connectivity index (χ0n) is 12.1. The van der Waals surface area contributed by atoms with Gasteiger partial charge in [-0.15, -0.1) is 0 Å². The van der Waals surface area contributed by atoms with E-state index in [0.717, 1.165) is 11.0 Å². The number of rotatable bonds is 4. The number of carbonyl (C=O) groups excluding carboxylic acids is 1. The van der Waals surface area contributed by atoms with Gasteiger partial charge < -0.3 is 10.4 Å². The lowest BCUT2D eigenvalue weighted by molar-refractivity contribution is 0.170. The van der Waals surface area contributed by atoms with Gasteiger partial charge in [0.2, 0.25) is 0 Å². The molecule has 3 N–H and O–H groups in total.